The Morgan fingerprint density at radius 1 is 1.21 bits per heavy atom. The molecule has 0 unspecified atom stereocenters. The van der Waals surface area contributed by atoms with Crippen LogP contribution in [0.1, 0.15) is 41.2 Å². The number of rotatable bonds is 9. The first-order chi connectivity index (χ1) is 14.0. The van der Waals surface area contributed by atoms with Crippen LogP contribution < -0.4 is 5.32 Å². The van der Waals surface area contributed by atoms with E-state index in [9.17, 15) is 4.79 Å². The first kappa shape index (κ1) is 20.7. The Kier molecular flexibility index (Phi) is 6.77. The topological polar surface area (TPSA) is 89.1 Å². The highest BCUT2D eigenvalue weighted by atomic mass is 16.5. The van der Waals surface area contributed by atoms with Gasteiger partial charge in [0.1, 0.15) is 0 Å². The molecule has 0 aliphatic heterocycles. The Morgan fingerprint density at radius 2 is 1.97 bits per heavy atom. The standard InChI is InChI=1S/C21H28N6O2/c1-5-27-16(3)18(15(2)24-27)13-26(4)14-21-23-19(25-29-21)11-20(28)22-12-17-9-7-6-8-10-17/h6-10H,5,11-14H2,1-4H3,(H,22,28). The summed E-state index contributed by atoms with van der Waals surface area (Å²) in [6.45, 7) is 8.80. The van der Waals surface area contributed by atoms with Gasteiger partial charge in [-0.15, -0.1) is 0 Å². The van der Waals surface area contributed by atoms with Gasteiger partial charge in [0.2, 0.25) is 11.8 Å². The van der Waals surface area contributed by atoms with Gasteiger partial charge in [-0.1, -0.05) is 35.5 Å². The molecule has 29 heavy (non-hydrogen) atoms. The Hall–Kier alpha value is -3.00. The summed E-state index contributed by atoms with van der Waals surface area (Å²) in [5, 5.41) is 11.4. The molecule has 0 atom stereocenters. The second kappa shape index (κ2) is 9.47. The van der Waals surface area contributed by atoms with E-state index >= 15 is 0 Å². The average molecular weight is 396 g/mol. The van der Waals surface area contributed by atoms with Crippen molar-refractivity contribution in [3.8, 4) is 0 Å². The molecule has 1 aromatic carbocycles. The lowest BCUT2D eigenvalue weighted by Gasteiger charge is -2.14. The smallest absolute Gasteiger partial charge is 0.240 e. The van der Waals surface area contributed by atoms with Crippen LogP contribution in [0.2, 0.25) is 0 Å². The minimum Gasteiger partial charge on any atom is -0.352 e. The summed E-state index contributed by atoms with van der Waals surface area (Å²) in [4.78, 5) is 18.6. The second-order valence-corrected chi connectivity index (χ2v) is 7.18. The van der Waals surface area contributed by atoms with Gasteiger partial charge in [-0.3, -0.25) is 14.4 Å². The van der Waals surface area contributed by atoms with Crippen LogP contribution in [-0.2, 0) is 37.4 Å². The average Bonchev–Trinajstić information content (AvgIpc) is 3.25. The van der Waals surface area contributed by atoms with Gasteiger partial charge >= 0.3 is 0 Å². The third-order valence-corrected chi connectivity index (χ3v) is 4.83. The number of aromatic nitrogens is 4. The number of carbonyl (C=O) groups is 1. The number of benzene rings is 1. The molecule has 3 rings (SSSR count). The maximum Gasteiger partial charge on any atom is 0.240 e. The summed E-state index contributed by atoms with van der Waals surface area (Å²) in [7, 11) is 2.00. The minimum atomic E-state index is -0.132. The molecule has 3 aromatic rings. The molecule has 1 amide bonds. The van der Waals surface area contributed by atoms with Crippen LogP contribution >= 0.6 is 0 Å². The van der Waals surface area contributed by atoms with Crippen LogP contribution in [0.4, 0.5) is 0 Å². The predicted molar refractivity (Wildman–Crippen MR) is 109 cm³/mol. The van der Waals surface area contributed by atoms with Gasteiger partial charge < -0.3 is 9.84 Å². The van der Waals surface area contributed by atoms with Gasteiger partial charge in [0.25, 0.3) is 0 Å². The number of aryl methyl sites for hydroxylation is 2. The molecule has 0 saturated heterocycles. The summed E-state index contributed by atoms with van der Waals surface area (Å²) in [6, 6.07) is 9.77. The highest BCUT2D eigenvalue weighted by molar-refractivity contribution is 5.77. The molecule has 0 bridgehead atoms. The van der Waals surface area contributed by atoms with Crippen molar-refractivity contribution in [3.63, 3.8) is 0 Å². The fourth-order valence-corrected chi connectivity index (χ4v) is 3.26. The SMILES string of the molecule is CCn1nc(C)c(CN(C)Cc2nc(CC(=O)NCc3ccccc3)no2)c1C. The Morgan fingerprint density at radius 3 is 2.66 bits per heavy atom. The molecule has 0 aliphatic rings. The molecule has 154 valence electrons. The van der Waals surface area contributed by atoms with E-state index in [1.807, 2.05) is 49.0 Å². The molecule has 8 nitrogen and oxygen atoms in total. The van der Waals surface area contributed by atoms with E-state index in [1.165, 1.54) is 11.3 Å². The Bertz CT molecular complexity index is 947. The van der Waals surface area contributed by atoms with E-state index in [-0.39, 0.29) is 12.3 Å². The van der Waals surface area contributed by atoms with Crippen molar-refractivity contribution in [1.29, 1.82) is 0 Å². The van der Waals surface area contributed by atoms with Crippen molar-refractivity contribution in [2.24, 2.45) is 0 Å². The van der Waals surface area contributed by atoms with E-state index in [1.54, 1.807) is 0 Å². The summed E-state index contributed by atoms with van der Waals surface area (Å²) in [5.41, 5.74) is 4.48. The van der Waals surface area contributed by atoms with Crippen molar-refractivity contribution >= 4 is 5.91 Å². The zero-order chi connectivity index (χ0) is 20.8. The highest BCUT2D eigenvalue weighted by Crippen LogP contribution is 2.16. The lowest BCUT2D eigenvalue weighted by atomic mass is 10.2. The van der Waals surface area contributed by atoms with Gasteiger partial charge in [-0.25, -0.2) is 0 Å². The maximum atomic E-state index is 12.1. The summed E-state index contributed by atoms with van der Waals surface area (Å²) < 4.78 is 7.33. The van der Waals surface area contributed by atoms with E-state index in [2.05, 4.69) is 39.3 Å². The van der Waals surface area contributed by atoms with Crippen molar-refractivity contribution in [3.05, 3.63) is 64.6 Å². The molecular formula is C21H28N6O2. The fourth-order valence-electron chi connectivity index (χ4n) is 3.26. The zero-order valence-electron chi connectivity index (χ0n) is 17.5. The first-order valence-corrected chi connectivity index (χ1v) is 9.79. The van der Waals surface area contributed by atoms with Gasteiger partial charge in [0, 0.05) is 30.9 Å². The van der Waals surface area contributed by atoms with Crippen molar-refractivity contribution in [2.75, 3.05) is 7.05 Å². The van der Waals surface area contributed by atoms with Gasteiger partial charge in [0.15, 0.2) is 5.82 Å². The number of hydrogen-bond acceptors (Lipinski definition) is 6. The van der Waals surface area contributed by atoms with Crippen LogP contribution in [0.15, 0.2) is 34.9 Å². The lowest BCUT2D eigenvalue weighted by molar-refractivity contribution is -0.120. The van der Waals surface area contributed by atoms with Crippen LogP contribution in [0, 0.1) is 13.8 Å². The van der Waals surface area contributed by atoms with E-state index in [0.717, 1.165) is 24.3 Å². The third kappa shape index (κ3) is 5.51. The molecule has 1 N–H and O–H groups in total. The van der Waals surface area contributed by atoms with E-state index in [0.29, 0.717) is 24.8 Å². The van der Waals surface area contributed by atoms with Crippen LogP contribution in [-0.4, -0.2) is 37.8 Å². The Labute approximate surface area is 170 Å². The van der Waals surface area contributed by atoms with Crippen molar-refractivity contribution in [2.45, 2.75) is 53.4 Å². The number of carbonyl (C=O) groups excluding carboxylic acids is 1. The van der Waals surface area contributed by atoms with Crippen LogP contribution in [0.25, 0.3) is 0 Å². The van der Waals surface area contributed by atoms with Crippen molar-refractivity contribution in [1.82, 2.24) is 30.1 Å². The maximum absolute atomic E-state index is 12.1. The van der Waals surface area contributed by atoms with Crippen molar-refractivity contribution < 1.29 is 9.32 Å². The largest absolute Gasteiger partial charge is 0.352 e. The number of nitrogens with zero attached hydrogens (tertiary/aromatic N) is 5. The molecule has 0 spiro atoms. The zero-order valence-corrected chi connectivity index (χ0v) is 17.5. The monoisotopic (exact) mass is 396 g/mol. The number of amides is 1. The second-order valence-electron chi connectivity index (χ2n) is 7.18. The molecule has 0 fully saturated rings. The number of nitrogens with one attached hydrogen (secondary N) is 1. The molecular weight excluding hydrogens is 368 g/mol. The number of hydrogen-bond donors (Lipinski definition) is 1. The molecule has 8 heteroatoms. The summed E-state index contributed by atoms with van der Waals surface area (Å²) in [6.07, 6.45) is 0.0987. The lowest BCUT2D eigenvalue weighted by Crippen LogP contribution is -2.25. The predicted octanol–water partition coefficient (Wildman–Crippen LogP) is 2.39. The minimum absolute atomic E-state index is 0.0987. The quantitative estimate of drug-likeness (QED) is 0.597. The molecule has 2 heterocycles. The molecule has 2 aromatic heterocycles. The van der Waals surface area contributed by atoms with Crippen LogP contribution in [0.5, 0.6) is 0 Å². The van der Waals surface area contributed by atoms with E-state index < -0.39 is 0 Å². The summed E-state index contributed by atoms with van der Waals surface area (Å²) in [5.74, 6) is 0.759. The van der Waals surface area contributed by atoms with Gasteiger partial charge in [0.05, 0.1) is 18.7 Å². The highest BCUT2D eigenvalue weighted by Gasteiger charge is 2.16. The fraction of sp³-hybridized carbons (Fsp3) is 0.429. The third-order valence-electron chi connectivity index (χ3n) is 4.83. The van der Waals surface area contributed by atoms with Crippen LogP contribution in [0.3, 0.4) is 0 Å². The van der Waals surface area contributed by atoms with E-state index in [4.69, 9.17) is 4.52 Å². The normalized spacial score (nSPS) is 11.2. The molecule has 0 saturated carbocycles. The first-order valence-electron chi connectivity index (χ1n) is 9.79. The molecule has 0 radical (unpaired) electrons. The summed E-state index contributed by atoms with van der Waals surface area (Å²) >= 11 is 0. The molecule has 0 aliphatic carbocycles. The van der Waals surface area contributed by atoms with Gasteiger partial charge in [-0.05, 0) is 33.4 Å². The Balaban J connectivity index is 1.50. The van der Waals surface area contributed by atoms with Gasteiger partial charge in [-0.2, -0.15) is 10.1 Å².